The third kappa shape index (κ3) is 1.78. The second kappa shape index (κ2) is 4.58. The van der Waals surface area contributed by atoms with Crippen LogP contribution in [0, 0.1) is 0 Å². The van der Waals surface area contributed by atoms with Crippen LogP contribution in [0.15, 0.2) is 24.4 Å². The first-order chi connectivity index (χ1) is 7.77. The molecule has 0 unspecified atom stereocenters. The van der Waals surface area contributed by atoms with Crippen molar-refractivity contribution in [2.24, 2.45) is 0 Å². The lowest BCUT2D eigenvalue weighted by Gasteiger charge is -2.01. The number of hydrogen-bond donors (Lipinski definition) is 2. The fraction of sp³-hybridized carbons (Fsp3) is 0.385. The molecular formula is C13H18N2O. The molecule has 1 aromatic carbocycles. The lowest BCUT2D eigenvalue weighted by atomic mass is 10.1. The summed E-state index contributed by atoms with van der Waals surface area (Å²) in [4.78, 5) is 0. The maximum absolute atomic E-state index is 9.89. The van der Waals surface area contributed by atoms with Crippen LogP contribution < -0.4 is 5.32 Å². The Morgan fingerprint density at radius 2 is 2.19 bits per heavy atom. The molecule has 0 atom stereocenters. The number of likely N-dealkylation sites (N-methyl/N-ethyl adjacent to an activating group) is 1. The Kier molecular flexibility index (Phi) is 3.15. The zero-order chi connectivity index (χ0) is 11.5. The molecule has 3 nitrogen and oxygen atoms in total. The van der Waals surface area contributed by atoms with Gasteiger partial charge in [0, 0.05) is 18.1 Å². The fourth-order valence-corrected chi connectivity index (χ4v) is 2.12. The lowest BCUT2D eigenvalue weighted by molar-refractivity contribution is 0.478. The highest BCUT2D eigenvalue weighted by atomic mass is 16.3. The highest BCUT2D eigenvalue weighted by molar-refractivity contribution is 5.88. The van der Waals surface area contributed by atoms with Crippen molar-refractivity contribution < 1.29 is 5.11 Å². The Labute approximate surface area is 95.7 Å². The van der Waals surface area contributed by atoms with E-state index in [0.29, 0.717) is 5.75 Å². The van der Waals surface area contributed by atoms with Gasteiger partial charge < -0.3 is 15.0 Å². The van der Waals surface area contributed by atoms with E-state index in [2.05, 4.69) is 29.1 Å². The summed E-state index contributed by atoms with van der Waals surface area (Å²) in [6, 6.07) is 5.73. The zero-order valence-corrected chi connectivity index (χ0v) is 9.83. The highest BCUT2D eigenvalue weighted by Crippen LogP contribution is 2.29. The molecule has 1 heterocycles. The molecule has 86 valence electrons. The van der Waals surface area contributed by atoms with Gasteiger partial charge in [-0.1, -0.05) is 12.1 Å². The Hall–Kier alpha value is -1.48. The second-order valence-electron chi connectivity index (χ2n) is 3.97. The van der Waals surface area contributed by atoms with Gasteiger partial charge in [0.05, 0.1) is 5.52 Å². The highest BCUT2D eigenvalue weighted by Gasteiger charge is 2.10. The molecule has 0 aliphatic carbocycles. The number of phenols is 1. The Balaban J connectivity index is 2.54. The number of hydrogen-bond acceptors (Lipinski definition) is 2. The summed E-state index contributed by atoms with van der Waals surface area (Å²) in [6.45, 7) is 3.93. The normalized spacial score (nSPS) is 11.1. The van der Waals surface area contributed by atoms with Crippen molar-refractivity contribution in [3.05, 3.63) is 30.0 Å². The van der Waals surface area contributed by atoms with Gasteiger partial charge in [0.25, 0.3) is 0 Å². The van der Waals surface area contributed by atoms with Gasteiger partial charge in [0.1, 0.15) is 5.75 Å². The molecular weight excluding hydrogens is 200 g/mol. The summed E-state index contributed by atoms with van der Waals surface area (Å²) in [5, 5.41) is 14.2. The van der Waals surface area contributed by atoms with Gasteiger partial charge in [-0.15, -0.1) is 0 Å². The molecule has 0 bridgehead atoms. The van der Waals surface area contributed by atoms with Crippen molar-refractivity contribution >= 4 is 10.9 Å². The van der Waals surface area contributed by atoms with Gasteiger partial charge >= 0.3 is 0 Å². The molecule has 1 aromatic heterocycles. The maximum Gasteiger partial charge on any atom is 0.139 e. The molecule has 0 fully saturated rings. The third-order valence-electron chi connectivity index (χ3n) is 2.94. The van der Waals surface area contributed by atoms with Crippen LogP contribution in [0.4, 0.5) is 0 Å². The van der Waals surface area contributed by atoms with Crippen LogP contribution in [0.2, 0.25) is 0 Å². The van der Waals surface area contributed by atoms with Gasteiger partial charge in [-0.2, -0.15) is 0 Å². The third-order valence-corrected chi connectivity index (χ3v) is 2.94. The van der Waals surface area contributed by atoms with Crippen LogP contribution in [0.3, 0.4) is 0 Å². The Morgan fingerprint density at radius 1 is 1.38 bits per heavy atom. The van der Waals surface area contributed by atoms with E-state index in [1.165, 1.54) is 5.56 Å². The largest absolute Gasteiger partial charge is 0.506 e. The number of benzene rings is 1. The molecule has 0 saturated carbocycles. The number of phenolic OH excluding ortho intramolecular Hbond substituents is 1. The fourth-order valence-electron chi connectivity index (χ4n) is 2.12. The summed E-state index contributed by atoms with van der Waals surface area (Å²) in [7, 11) is 1.95. The number of fused-ring (bicyclic) bond motifs is 1. The molecule has 0 spiro atoms. The van der Waals surface area contributed by atoms with E-state index in [1.807, 2.05) is 13.1 Å². The standard InChI is InChI=1S/C13H18N2O/c1-3-15-9-10(7-8-14-2)11-5-4-6-12(16)13(11)15/h4-6,9,14,16H,3,7-8H2,1-2H3. The Bertz CT molecular complexity index is 488. The van der Waals surface area contributed by atoms with Gasteiger partial charge in [-0.05, 0) is 38.6 Å². The van der Waals surface area contributed by atoms with Crippen molar-refractivity contribution in [1.29, 1.82) is 0 Å². The van der Waals surface area contributed by atoms with Crippen molar-refractivity contribution in [2.45, 2.75) is 19.9 Å². The number of rotatable bonds is 4. The summed E-state index contributed by atoms with van der Waals surface area (Å²) in [6.07, 6.45) is 3.13. The molecule has 0 radical (unpaired) electrons. The van der Waals surface area contributed by atoms with Crippen LogP contribution in [-0.2, 0) is 13.0 Å². The smallest absolute Gasteiger partial charge is 0.139 e. The number of nitrogens with zero attached hydrogens (tertiary/aromatic N) is 1. The topological polar surface area (TPSA) is 37.2 Å². The number of aryl methyl sites for hydroxylation is 1. The quantitative estimate of drug-likeness (QED) is 0.825. The number of para-hydroxylation sites is 1. The van der Waals surface area contributed by atoms with Crippen molar-refractivity contribution in [1.82, 2.24) is 9.88 Å². The maximum atomic E-state index is 9.89. The van der Waals surface area contributed by atoms with Crippen LogP contribution in [0.5, 0.6) is 5.75 Å². The average Bonchev–Trinajstić information content (AvgIpc) is 2.66. The van der Waals surface area contributed by atoms with E-state index in [0.717, 1.165) is 30.4 Å². The van der Waals surface area contributed by atoms with Gasteiger partial charge in [0.15, 0.2) is 0 Å². The predicted octanol–water partition coefficient (Wildman–Crippen LogP) is 2.13. The molecule has 0 amide bonds. The van der Waals surface area contributed by atoms with Crippen LogP contribution in [-0.4, -0.2) is 23.3 Å². The minimum absolute atomic E-state index is 0.370. The first kappa shape index (κ1) is 11.0. The Morgan fingerprint density at radius 3 is 2.88 bits per heavy atom. The number of aromatic hydroxyl groups is 1. The first-order valence-electron chi connectivity index (χ1n) is 5.72. The SMILES string of the molecule is CCn1cc(CCNC)c2cccc(O)c21. The molecule has 2 rings (SSSR count). The second-order valence-corrected chi connectivity index (χ2v) is 3.97. The summed E-state index contributed by atoms with van der Waals surface area (Å²) in [5.41, 5.74) is 2.25. The molecule has 3 heteroatoms. The lowest BCUT2D eigenvalue weighted by Crippen LogP contribution is -2.09. The molecule has 2 N–H and O–H groups in total. The van der Waals surface area contributed by atoms with Crippen LogP contribution >= 0.6 is 0 Å². The number of aromatic nitrogens is 1. The minimum atomic E-state index is 0.370. The zero-order valence-electron chi connectivity index (χ0n) is 9.83. The summed E-state index contributed by atoms with van der Waals surface area (Å²) < 4.78 is 2.11. The molecule has 0 saturated heterocycles. The van der Waals surface area contributed by atoms with Crippen molar-refractivity contribution in [3.8, 4) is 5.75 Å². The summed E-state index contributed by atoms with van der Waals surface area (Å²) >= 11 is 0. The van der Waals surface area contributed by atoms with E-state index < -0.39 is 0 Å². The molecule has 0 aliphatic heterocycles. The molecule has 16 heavy (non-hydrogen) atoms. The van der Waals surface area contributed by atoms with Gasteiger partial charge in [0.2, 0.25) is 0 Å². The first-order valence-corrected chi connectivity index (χ1v) is 5.72. The summed E-state index contributed by atoms with van der Waals surface area (Å²) in [5.74, 6) is 0.370. The predicted molar refractivity (Wildman–Crippen MR) is 66.9 cm³/mol. The average molecular weight is 218 g/mol. The van der Waals surface area contributed by atoms with Crippen LogP contribution in [0.1, 0.15) is 12.5 Å². The van der Waals surface area contributed by atoms with Crippen molar-refractivity contribution in [2.75, 3.05) is 13.6 Å². The van der Waals surface area contributed by atoms with E-state index in [-0.39, 0.29) is 0 Å². The van der Waals surface area contributed by atoms with Crippen molar-refractivity contribution in [3.63, 3.8) is 0 Å². The van der Waals surface area contributed by atoms with E-state index in [4.69, 9.17) is 0 Å². The van der Waals surface area contributed by atoms with Gasteiger partial charge in [-0.25, -0.2) is 0 Å². The van der Waals surface area contributed by atoms with E-state index in [1.54, 1.807) is 6.07 Å². The number of nitrogens with one attached hydrogen (secondary N) is 1. The minimum Gasteiger partial charge on any atom is -0.506 e. The van der Waals surface area contributed by atoms with E-state index in [9.17, 15) is 5.11 Å². The molecule has 0 aliphatic rings. The molecule has 2 aromatic rings. The van der Waals surface area contributed by atoms with E-state index >= 15 is 0 Å². The van der Waals surface area contributed by atoms with Crippen LogP contribution in [0.25, 0.3) is 10.9 Å². The van der Waals surface area contributed by atoms with Gasteiger partial charge in [-0.3, -0.25) is 0 Å². The monoisotopic (exact) mass is 218 g/mol.